The number of nitriles is 1. The highest BCUT2D eigenvalue weighted by Crippen LogP contribution is 2.41. The van der Waals surface area contributed by atoms with E-state index in [1.165, 1.54) is 18.1 Å². The van der Waals surface area contributed by atoms with Crippen LogP contribution in [0.15, 0.2) is 42.2 Å². The molecule has 0 spiro atoms. The first-order chi connectivity index (χ1) is 23.8. The monoisotopic (exact) mass is 691 g/mol. The van der Waals surface area contributed by atoms with Crippen molar-refractivity contribution in [3.05, 3.63) is 64.3 Å². The Kier molecular flexibility index (Phi) is 9.59. The second kappa shape index (κ2) is 14.1. The van der Waals surface area contributed by atoms with Gasteiger partial charge in [-0.05, 0) is 68.8 Å². The molecule has 0 bridgehead atoms. The number of rotatable bonds is 9. The zero-order valence-electron chi connectivity index (χ0n) is 27.6. The lowest BCUT2D eigenvalue weighted by molar-refractivity contribution is -0.131. The molecule has 4 aliphatic rings. The highest BCUT2D eigenvalue weighted by molar-refractivity contribution is 6.36. The molecule has 10 nitrogen and oxygen atoms in total. The number of carbonyl (C=O) groups excluding carboxylic acids is 1. The third-order valence-corrected chi connectivity index (χ3v) is 10.9. The number of piperazine rings is 1. The van der Waals surface area contributed by atoms with Crippen molar-refractivity contribution in [1.82, 2.24) is 19.8 Å². The van der Waals surface area contributed by atoms with Gasteiger partial charge in [-0.15, -0.1) is 0 Å². The lowest BCUT2D eigenvalue weighted by Crippen LogP contribution is -2.56. The topological polar surface area (TPSA) is 98.1 Å². The van der Waals surface area contributed by atoms with E-state index in [0.29, 0.717) is 50.4 Å². The van der Waals surface area contributed by atoms with Gasteiger partial charge in [0.25, 0.3) is 5.91 Å². The molecule has 0 N–H and O–H groups in total. The number of anilines is 2. The maximum Gasteiger partial charge on any atom is 0.318 e. The van der Waals surface area contributed by atoms with Gasteiger partial charge in [0.2, 0.25) is 0 Å². The fourth-order valence-electron chi connectivity index (χ4n) is 8.11. The van der Waals surface area contributed by atoms with Crippen LogP contribution in [0.2, 0.25) is 5.02 Å². The van der Waals surface area contributed by atoms with Gasteiger partial charge >= 0.3 is 6.01 Å². The first-order valence-corrected chi connectivity index (χ1v) is 17.4. The van der Waals surface area contributed by atoms with Crippen LogP contribution in [0.5, 0.6) is 6.01 Å². The van der Waals surface area contributed by atoms with Gasteiger partial charge in [0.05, 0.1) is 47.9 Å². The fraction of sp³-hybridized carbons (Fsp3) is 0.500. The number of ether oxygens (including phenoxy) is 2. The summed E-state index contributed by atoms with van der Waals surface area (Å²) in [5.41, 5.74) is 2.59. The number of carbonyl (C=O) groups is 1. The molecular weight excluding hydrogens is 652 g/mol. The molecular formula is C36H40ClF2N7O3. The number of hydrogen-bond donors (Lipinski definition) is 0. The number of hydrogen-bond acceptors (Lipinski definition) is 9. The maximum atomic E-state index is 14.7. The van der Waals surface area contributed by atoms with Crippen LogP contribution in [0.3, 0.4) is 0 Å². The lowest BCUT2D eigenvalue weighted by atomic mass is 9.95. The predicted octanol–water partition coefficient (Wildman–Crippen LogP) is 5.42. The summed E-state index contributed by atoms with van der Waals surface area (Å²) in [5.74, 6) is -1.40. The molecule has 0 aliphatic carbocycles. The van der Waals surface area contributed by atoms with Crippen molar-refractivity contribution in [1.29, 1.82) is 5.26 Å². The summed E-state index contributed by atoms with van der Waals surface area (Å²) in [6.45, 7) is 4.60. The Balaban J connectivity index is 1.22. The van der Waals surface area contributed by atoms with E-state index < -0.39 is 23.6 Å². The van der Waals surface area contributed by atoms with Crippen LogP contribution < -0.4 is 14.5 Å². The predicted molar refractivity (Wildman–Crippen MR) is 183 cm³/mol. The summed E-state index contributed by atoms with van der Waals surface area (Å²) in [4.78, 5) is 31.2. The van der Waals surface area contributed by atoms with Crippen molar-refractivity contribution >= 4 is 39.8 Å². The third-order valence-electron chi connectivity index (χ3n) is 10.6. The Morgan fingerprint density at radius 1 is 1.12 bits per heavy atom. The van der Waals surface area contributed by atoms with E-state index >= 15 is 0 Å². The van der Waals surface area contributed by atoms with Crippen molar-refractivity contribution in [2.45, 2.75) is 56.7 Å². The van der Waals surface area contributed by atoms with Crippen molar-refractivity contribution in [3.63, 3.8) is 0 Å². The Labute approximate surface area is 289 Å². The van der Waals surface area contributed by atoms with E-state index in [0.717, 1.165) is 67.2 Å². The molecule has 0 saturated carbocycles. The molecule has 3 aromatic rings. The third kappa shape index (κ3) is 6.40. The zero-order valence-corrected chi connectivity index (χ0v) is 28.4. The molecule has 1 aromatic heterocycles. The number of nitrogens with zero attached hydrogens (tertiary/aromatic N) is 7. The minimum atomic E-state index is -0.894. The van der Waals surface area contributed by atoms with E-state index in [1.807, 2.05) is 18.2 Å². The van der Waals surface area contributed by atoms with Crippen LogP contribution in [0.25, 0.3) is 10.8 Å². The van der Waals surface area contributed by atoms with Crippen LogP contribution in [-0.2, 0) is 22.5 Å². The zero-order chi connectivity index (χ0) is 34.1. The molecule has 2 aromatic carbocycles. The molecule has 0 radical (unpaired) electrons. The summed E-state index contributed by atoms with van der Waals surface area (Å²) in [7, 11) is 1.43. The molecule has 49 heavy (non-hydrogen) atoms. The Morgan fingerprint density at radius 3 is 2.71 bits per heavy atom. The maximum absolute atomic E-state index is 14.7. The Bertz CT molecular complexity index is 1810. The average Bonchev–Trinajstić information content (AvgIpc) is 3.71. The summed E-state index contributed by atoms with van der Waals surface area (Å²) in [5, 5.41) is 11.3. The van der Waals surface area contributed by atoms with E-state index in [2.05, 4.69) is 20.8 Å². The van der Waals surface area contributed by atoms with Gasteiger partial charge in [-0.2, -0.15) is 15.2 Å². The summed E-state index contributed by atoms with van der Waals surface area (Å²) in [6, 6.07) is 10.9. The molecule has 13 heteroatoms. The van der Waals surface area contributed by atoms with Crippen molar-refractivity contribution < 1.29 is 23.0 Å². The number of benzene rings is 2. The standard InChI is InChI=1S/C36H40ClF2N7O3/c1-48-20-11-28(39)34(47)46-19-18-44(21-25(46)9-14-40)33-26-10-17-43(30-6-2-5-24-7-8-27(38)32(37)31(24)30)22-29(26)41-35(42-33)49-23-36-12-3-15-45(36)16-4-13-36/h2,5-8,11,25H,3-4,9-10,12-13,15-23H2,1H3/b28-11-/t25-/m0/s1. The number of fused-ring (bicyclic) bond motifs is 3. The van der Waals surface area contributed by atoms with Gasteiger partial charge in [-0.25, -0.2) is 8.78 Å². The molecule has 3 saturated heterocycles. The van der Waals surface area contributed by atoms with E-state index in [4.69, 9.17) is 31.0 Å². The van der Waals surface area contributed by atoms with Gasteiger partial charge in [-0.3, -0.25) is 9.69 Å². The largest absolute Gasteiger partial charge is 0.461 e. The van der Waals surface area contributed by atoms with Crippen LogP contribution in [0, 0.1) is 17.1 Å². The van der Waals surface area contributed by atoms with E-state index in [-0.39, 0.29) is 36.1 Å². The molecule has 3 fully saturated rings. The van der Waals surface area contributed by atoms with Gasteiger partial charge in [0.1, 0.15) is 18.2 Å². The van der Waals surface area contributed by atoms with Gasteiger partial charge in [0, 0.05) is 49.9 Å². The minimum Gasteiger partial charge on any atom is -0.461 e. The molecule has 1 amide bonds. The SMILES string of the molecule is COC/C=C(\F)C(=O)N1CCN(c2nc(OCC34CCCN3CCC4)nc3c2CCN(c2cccc4ccc(F)c(Cl)c24)C3)C[C@@H]1CC#N. The molecule has 4 aliphatic heterocycles. The van der Waals surface area contributed by atoms with Crippen LogP contribution in [0.1, 0.15) is 43.4 Å². The van der Waals surface area contributed by atoms with Crippen LogP contribution in [0.4, 0.5) is 20.3 Å². The molecule has 0 unspecified atom stereocenters. The lowest BCUT2D eigenvalue weighted by Gasteiger charge is -2.42. The minimum absolute atomic E-state index is 0.000474. The Hall–Kier alpha value is -4.05. The Morgan fingerprint density at radius 2 is 1.94 bits per heavy atom. The summed E-state index contributed by atoms with van der Waals surface area (Å²) in [6.07, 6.45) is 6.21. The van der Waals surface area contributed by atoms with E-state index in [9.17, 15) is 18.8 Å². The first kappa shape index (κ1) is 33.4. The highest BCUT2D eigenvalue weighted by atomic mass is 35.5. The molecule has 258 valence electrons. The second-order valence-electron chi connectivity index (χ2n) is 13.3. The van der Waals surface area contributed by atoms with Gasteiger partial charge in [-0.1, -0.05) is 29.8 Å². The van der Waals surface area contributed by atoms with Crippen molar-refractivity contribution in [3.8, 4) is 12.1 Å². The summed E-state index contributed by atoms with van der Waals surface area (Å²) >= 11 is 6.53. The number of aromatic nitrogens is 2. The molecule has 1 atom stereocenters. The second-order valence-corrected chi connectivity index (χ2v) is 13.7. The van der Waals surface area contributed by atoms with Crippen molar-refractivity contribution in [2.75, 3.05) is 69.4 Å². The highest BCUT2D eigenvalue weighted by Gasteiger charge is 2.45. The fourth-order valence-corrected chi connectivity index (χ4v) is 8.38. The molecule has 7 rings (SSSR count). The first-order valence-electron chi connectivity index (χ1n) is 17.0. The van der Waals surface area contributed by atoms with Crippen LogP contribution in [-0.4, -0.2) is 96.8 Å². The smallest absolute Gasteiger partial charge is 0.318 e. The van der Waals surface area contributed by atoms with E-state index in [1.54, 1.807) is 6.07 Å². The number of methoxy groups -OCH3 is 1. The quantitative estimate of drug-likeness (QED) is 0.273. The van der Waals surface area contributed by atoms with Gasteiger partial charge < -0.3 is 24.2 Å². The number of halogens is 3. The van der Waals surface area contributed by atoms with Crippen molar-refractivity contribution in [2.24, 2.45) is 0 Å². The summed E-state index contributed by atoms with van der Waals surface area (Å²) < 4.78 is 40.7. The van der Waals surface area contributed by atoms with Gasteiger partial charge in [0.15, 0.2) is 5.83 Å². The number of amides is 1. The molecule has 5 heterocycles. The van der Waals surface area contributed by atoms with Crippen LogP contribution >= 0.6 is 11.6 Å². The average molecular weight is 692 g/mol. The normalized spacial score (nSPS) is 20.8.